The van der Waals surface area contributed by atoms with Crippen molar-refractivity contribution in [3.63, 3.8) is 0 Å². The number of likely N-dealkylation sites (N-methyl/N-ethyl adjacent to an activating group) is 1. The summed E-state index contributed by atoms with van der Waals surface area (Å²) in [5, 5.41) is 1.46. The van der Waals surface area contributed by atoms with Gasteiger partial charge in [-0.25, -0.2) is 0 Å². The standard InChI is InChI=1S/C32H33Cl4N3O4/c1-3-11-43-30(41)27-26(29(40)38(17-18-7-4-5-8-18)22-13-19(33)12-20(34)14-22)25-9-6-10-39(25)32(27)23-15-21(35)16-24(36)28(23)37(2)31(32)42/h3,12-16,18,25-27H,1,4-11,17H2,2H3/t25-,26+,27-,32?/m0/s1. The quantitative estimate of drug-likeness (QED) is 0.233. The van der Waals surface area contributed by atoms with Gasteiger partial charge >= 0.3 is 5.97 Å². The largest absolute Gasteiger partial charge is 0.461 e. The van der Waals surface area contributed by atoms with Crippen LogP contribution < -0.4 is 9.80 Å². The SMILES string of the molecule is C=CCOC(=O)[C@@H]1[C@H](C(=O)N(CC2CCCC2)c2cc(Cl)cc(Cl)c2)[C@@H]2CCCN2C12C(=O)N(C)c1c(Cl)cc(Cl)cc12. The summed E-state index contributed by atoms with van der Waals surface area (Å²) in [5.74, 6) is -2.97. The maximum atomic E-state index is 15.1. The number of rotatable bonds is 7. The predicted molar refractivity (Wildman–Crippen MR) is 170 cm³/mol. The van der Waals surface area contributed by atoms with Crippen molar-refractivity contribution in [1.82, 2.24) is 4.90 Å². The monoisotopic (exact) mass is 663 g/mol. The van der Waals surface area contributed by atoms with E-state index in [0.29, 0.717) is 62.5 Å². The number of fused-ring (bicyclic) bond motifs is 4. The Morgan fingerprint density at radius 2 is 1.70 bits per heavy atom. The van der Waals surface area contributed by atoms with Crippen LogP contribution in [-0.4, -0.2) is 55.5 Å². The topological polar surface area (TPSA) is 70.2 Å². The van der Waals surface area contributed by atoms with Gasteiger partial charge in [0.05, 0.1) is 16.6 Å². The molecule has 1 aliphatic carbocycles. The molecular formula is C32H33Cl4N3O4. The van der Waals surface area contributed by atoms with E-state index in [0.717, 1.165) is 32.1 Å². The van der Waals surface area contributed by atoms with Gasteiger partial charge in [-0.05, 0) is 68.5 Å². The minimum Gasteiger partial charge on any atom is -0.461 e. The average Bonchev–Trinajstić information content (AvgIpc) is 3.73. The van der Waals surface area contributed by atoms with Crippen LogP contribution in [0.2, 0.25) is 20.1 Å². The third-order valence-corrected chi connectivity index (χ3v) is 10.5. The number of hydrogen-bond donors (Lipinski definition) is 0. The molecule has 2 aromatic rings. The molecule has 2 saturated heterocycles. The lowest BCUT2D eigenvalue weighted by Crippen LogP contribution is -2.55. The van der Waals surface area contributed by atoms with Crippen LogP contribution in [0.4, 0.5) is 11.4 Å². The van der Waals surface area contributed by atoms with Crippen LogP contribution in [0.3, 0.4) is 0 Å². The molecule has 1 spiro atoms. The third-order valence-electron chi connectivity index (χ3n) is 9.60. The van der Waals surface area contributed by atoms with Crippen LogP contribution in [0.5, 0.6) is 0 Å². The summed E-state index contributed by atoms with van der Waals surface area (Å²) < 4.78 is 5.69. The summed E-state index contributed by atoms with van der Waals surface area (Å²) in [6.07, 6.45) is 7.07. The molecule has 43 heavy (non-hydrogen) atoms. The number of carbonyl (C=O) groups is 3. The molecular weight excluding hydrogens is 632 g/mol. The van der Waals surface area contributed by atoms with E-state index < -0.39 is 29.4 Å². The van der Waals surface area contributed by atoms with Gasteiger partial charge < -0.3 is 14.5 Å². The summed E-state index contributed by atoms with van der Waals surface area (Å²) in [6.45, 7) is 4.62. The van der Waals surface area contributed by atoms with E-state index in [1.54, 1.807) is 42.3 Å². The number of carbonyl (C=O) groups excluding carboxylic acids is 3. The fourth-order valence-corrected chi connectivity index (χ4v) is 9.15. The Labute approximate surface area is 271 Å². The molecule has 0 N–H and O–H groups in total. The molecule has 0 bridgehead atoms. The van der Waals surface area contributed by atoms with E-state index in [1.807, 2.05) is 4.90 Å². The van der Waals surface area contributed by atoms with Crippen molar-refractivity contribution in [2.24, 2.45) is 17.8 Å². The molecule has 6 rings (SSSR count). The van der Waals surface area contributed by atoms with E-state index >= 15 is 4.79 Å². The molecule has 0 aromatic heterocycles. The van der Waals surface area contributed by atoms with Gasteiger partial charge in [-0.3, -0.25) is 19.3 Å². The molecule has 4 atom stereocenters. The molecule has 3 aliphatic heterocycles. The number of amides is 2. The first-order valence-corrected chi connectivity index (χ1v) is 16.2. The number of benzene rings is 2. The second kappa shape index (κ2) is 11.9. The first-order valence-electron chi connectivity index (χ1n) is 14.7. The van der Waals surface area contributed by atoms with E-state index in [-0.39, 0.29) is 18.4 Å². The van der Waals surface area contributed by atoms with E-state index in [2.05, 4.69) is 6.58 Å². The fourth-order valence-electron chi connectivity index (χ4n) is 8.02. The van der Waals surface area contributed by atoms with Crippen LogP contribution in [0.1, 0.15) is 44.1 Å². The number of anilines is 2. The Bertz CT molecular complexity index is 1470. The van der Waals surface area contributed by atoms with E-state index in [9.17, 15) is 9.59 Å². The number of halogens is 4. The molecule has 3 heterocycles. The highest BCUT2D eigenvalue weighted by Gasteiger charge is 2.73. The maximum absolute atomic E-state index is 15.1. The molecule has 4 aliphatic rings. The first kappa shape index (κ1) is 30.7. The highest BCUT2D eigenvalue weighted by Crippen LogP contribution is 2.61. The lowest BCUT2D eigenvalue weighted by atomic mass is 9.73. The second-order valence-electron chi connectivity index (χ2n) is 12.0. The Balaban J connectivity index is 1.54. The highest BCUT2D eigenvalue weighted by molar-refractivity contribution is 6.38. The van der Waals surface area contributed by atoms with E-state index in [4.69, 9.17) is 51.1 Å². The molecule has 7 nitrogen and oxygen atoms in total. The molecule has 228 valence electrons. The average molecular weight is 665 g/mol. The van der Waals surface area contributed by atoms with Gasteiger partial charge in [0, 0.05) is 46.0 Å². The van der Waals surface area contributed by atoms with Crippen molar-refractivity contribution < 1.29 is 19.1 Å². The summed E-state index contributed by atoms with van der Waals surface area (Å²) in [5.41, 5.74) is 0.0669. The molecule has 1 saturated carbocycles. The fraction of sp³-hybridized carbons (Fsp3) is 0.469. The zero-order valence-corrected chi connectivity index (χ0v) is 26.9. The zero-order valence-electron chi connectivity index (χ0n) is 23.8. The normalized spacial score (nSPS) is 26.7. The Kier molecular flexibility index (Phi) is 8.50. The summed E-state index contributed by atoms with van der Waals surface area (Å²) >= 11 is 26.1. The smallest absolute Gasteiger partial charge is 0.312 e. The zero-order chi connectivity index (χ0) is 30.6. The van der Waals surface area contributed by atoms with Crippen LogP contribution in [-0.2, 0) is 24.7 Å². The van der Waals surface area contributed by atoms with Gasteiger partial charge in [-0.2, -0.15) is 0 Å². The number of hydrogen-bond acceptors (Lipinski definition) is 5. The van der Waals surface area contributed by atoms with Crippen LogP contribution in [0.25, 0.3) is 0 Å². The third kappa shape index (κ3) is 4.96. The minimum absolute atomic E-state index is 0.0557. The molecule has 0 radical (unpaired) electrons. The Morgan fingerprint density at radius 3 is 2.37 bits per heavy atom. The lowest BCUT2D eigenvalue weighted by molar-refractivity contribution is -0.157. The molecule has 11 heteroatoms. The highest BCUT2D eigenvalue weighted by atomic mass is 35.5. The lowest BCUT2D eigenvalue weighted by Gasteiger charge is -2.37. The maximum Gasteiger partial charge on any atom is 0.312 e. The van der Waals surface area contributed by atoms with Crippen molar-refractivity contribution >= 4 is 75.6 Å². The number of esters is 1. The van der Waals surface area contributed by atoms with Crippen LogP contribution >= 0.6 is 46.4 Å². The Morgan fingerprint density at radius 1 is 1.02 bits per heavy atom. The summed E-state index contributed by atoms with van der Waals surface area (Å²) in [7, 11) is 1.64. The molecule has 3 fully saturated rings. The molecule has 1 unspecified atom stereocenters. The second-order valence-corrected chi connectivity index (χ2v) is 13.7. The van der Waals surface area contributed by atoms with Crippen molar-refractivity contribution in [3.8, 4) is 0 Å². The van der Waals surface area contributed by atoms with Gasteiger partial charge in [-0.1, -0.05) is 71.9 Å². The molecule has 2 amide bonds. The predicted octanol–water partition coefficient (Wildman–Crippen LogP) is 7.13. The van der Waals surface area contributed by atoms with Gasteiger partial charge in [0.2, 0.25) is 5.91 Å². The van der Waals surface area contributed by atoms with Gasteiger partial charge in [0.15, 0.2) is 0 Å². The van der Waals surface area contributed by atoms with Crippen molar-refractivity contribution in [2.45, 2.75) is 50.1 Å². The van der Waals surface area contributed by atoms with E-state index in [1.165, 1.54) is 11.0 Å². The Hall–Kier alpha value is -2.29. The van der Waals surface area contributed by atoms with Crippen molar-refractivity contribution in [2.75, 3.05) is 36.5 Å². The van der Waals surface area contributed by atoms with Crippen LogP contribution in [0, 0.1) is 17.8 Å². The van der Waals surface area contributed by atoms with Crippen LogP contribution in [0.15, 0.2) is 43.0 Å². The minimum atomic E-state index is -1.51. The van der Waals surface area contributed by atoms with Gasteiger partial charge in [0.1, 0.15) is 18.1 Å². The molecule has 2 aromatic carbocycles. The van der Waals surface area contributed by atoms with Crippen molar-refractivity contribution in [1.29, 1.82) is 0 Å². The number of ether oxygens (including phenoxy) is 1. The van der Waals surface area contributed by atoms with Gasteiger partial charge in [-0.15, -0.1) is 0 Å². The van der Waals surface area contributed by atoms with Gasteiger partial charge in [0.25, 0.3) is 5.91 Å². The first-order chi connectivity index (χ1) is 20.6. The number of nitrogens with zero attached hydrogens (tertiary/aromatic N) is 3. The summed E-state index contributed by atoms with van der Waals surface area (Å²) in [4.78, 5) is 49.1. The summed E-state index contributed by atoms with van der Waals surface area (Å²) in [6, 6.07) is 7.97. The van der Waals surface area contributed by atoms with Crippen molar-refractivity contribution in [3.05, 3.63) is 68.6 Å².